The summed E-state index contributed by atoms with van der Waals surface area (Å²) in [6.07, 6.45) is 0. The highest BCUT2D eigenvalue weighted by molar-refractivity contribution is 7.09. The van der Waals surface area contributed by atoms with Gasteiger partial charge in [-0.25, -0.2) is 4.98 Å². The van der Waals surface area contributed by atoms with Crippen molar-refractivity contribution >= 4 is 28.8 Å². The molecule has 0 bridgehead atoms. The third-order valence-corrected chi connectivity index (χ3v) is 4.99. The molecule has 134 valence electrons. The summed E-state index contributed by atoms with van der Waals surface area (Å²) in [6.45, 7) is 0.324. The molecule has 4 aromatic rings. The van der Waals surface area contributed by atoms with Gasteiger partial charge in [-0.2, -0.15) is 0 Å². The van der Waals surface area contributed by atoms with E-state index in [1.165, 1.54) is 11.3 Å². The predicted octanol–water partition coefficient (Wildman–Crippen LogP) is 5.05. The minimum Gasteiger partial charge on any atom is -0.355 e. The summed E-state index contributed by atoms with van der Waals surface area (Å²) in [5.41, 5.74) is 2.95. The molecular formula is C20H14ClN3O2S. The lowest BCUT2D eigenvalue weighted by molar-refractivity contribution is 0.0942. The Balaban J connectivity index is 1.40. The van der Waals surface area contributed by atoms with Gasteiger partial charge < -0.3 is 9.84 Å². The van der Waals surface area contributed by atoms with E-state index in [1.807, 2.05) is 60.0 Å². The molecule has 5 nitrogen and oxygen atoms in total. The fraction of sp³-hybridized carbons (Fsp3) is 0.0500. The zero-order valence-corrected chi connectivity index (χ0v) is 15.6. The van der Waals surface area contributed by atoms with Crippen LogP contribution in [0.2, 0.25) is 5.02 Å². The van der Waals surface area contributed by atoms with Crippen molar-refractivity contribution in [3.05, 3.63) is 81.8 Å². The molecule has 0 spiro atoms. The van der Waals surface area contributed by atoms with E-state index in [2.05, 4.69) is 15.5 Å². The minimum atomic E-state index is -0.302. The molecule has 0 atom stereocenters. The van der Waals surface area contributed by atoms with Crippen LogP contribution in [0, 0.1) is 0 Å². The second-order valence-electron chi connectivity index (χ2n) is 5.76. The molecule has 0 saturated carbocycles. The molecule has 0 fully saturated rings. The number of aromatic nitrogens is 2. The van der Waals surface area contributed by atoms with Gasteiger partial charge in [0.15, 0.2) is 11.5 Å². The average Bonchev–Trinajstić information content (AvgIpc) is 3.37. The number of thiazole rings is 1. The van der Waals surface area contributed by atoms with Gasteiger partial charge in [-0.3, -0.25) is 4.79 Å². The van der Waals surface area contributed by atoms with Crippen molar-refractivity contribution in [1.82, 2.24) is 15.5 Å². The van der Waals surface area contributed by atoms with E-state index >= 15 is 0 Å². The third-order valence-electron chi connectivity index (χ3n) is 3.89. The van der Waals surface area contributed by atoms with E-state index in [9.17, 15) is 4.79 Å². The number of halogens is 1. The van der Waals surface area contributed by atoms with Gasteiger partial charge in [-0.1, -0.05) is 59.2 Å². The first-order chi connectivity index (χ1) is 13.2. The molecule has 0 unspecified atom stereocenters. The summed E-state index contributed by atoms with van der Waals surface area (Å²) < 4.78 is 5.26. The Kier molecular flexibility index (Phi) is 5.00. The van der Waals surface area contributed by atoms with Gasteiger partial charge in [0.1, 0.15) is 5.01 Å². The lowest BCUT2D eigenvalue weighted by Crippen LogP contribution is -2.22. The summed E-state index contributed by atoms with van der Waals surface area (Å²) in [5, 5.41) is 10.1. The molecule has 1 N–H and O–H groups in total. The van der Waals surface area contributed by atoms with Crippen LogP contribution >= 0.6 is 22.9 Å². The average molecular weight is 396 g/mol. The fourth-order valence-corrected chi connectivity index (χ4v) is 3.38. The first-order valence-corrected chi connectivity index (χ1v) is 9.45. The van der Waals surface area contributed by atoms with Crippen molar-refractivity contribution in [3.63, 3.8) is 0 Å². The third kappa shape index (κ3) is 4.07. The van der Waals surface area contributed by atoms with Gasteiger partial charge in [0.2, 0.25) is 0 Å². The standard InChI is InChI=1S/C20H14ClN3O2S/c21-15-8-6-13(7-9-15)17-12-27-19(23-17)11-22-20(25)16-10-18(26-24-16)14-4-2-1-3-5-14/h1-10,12H,11H2,(H,22,25). The molecule has 0 aliphatic rings. The molecule has 7 heteroatoms. The summed E-state index contributed by atoms with van der Waals surface area (Å²) in [7, 11) is 0. The number of rotatable bonds is 5. The minimum absolute atomic E-state index is 0.239. The first kappa shape index (κ1) is 17.5. The second-order valence-corrected chi connectivity index (χ2v) is 7.14. The highest BCUT2D eigenvalue weighted by Crippen LogP contribution is 2.24. The number of carbonyl (C=O) groups is 1. The second kappa shape index (κ2) is 7.73. The SMILES string of the molecule is O=C(NCc1nc(-c2ccc(Cl)cc2)cs1)c1cc(-c2ccccc2)on1. The van der Waals surface area contributed by atoms with Crippen LogP contribution in [0.25, 0.3) is 22.6 Å². The zero-order chi connectivity index (χ0) is 18.6. The maximum Gasteiger partial charge on any atom is 0.273 e. The number of benzene rings is 2. The Labute approximate surface area is 164 Å². The molecule has 2 aromatic carbocycles. The molecule has 0 aliphatic heterocycles. The van der Waals surface area contributed by atoms with Crippen molar-refractivity contribution in [2.45, 2.75) is 6.54 Å². The smallest absolute Gasteiger partial charge is 0.273 e. The predicted molar refractivity (Wildman–Crippen MR) is 106 cm³/mol. The summed E-state index contributed by atoms with van der Waals surface area (Å²) in [4.78, 5) is 16.9. The topological polar surface area (TPSA) is 68.0 Å². The number of carbonyl (C=O) groups excluding carboxylic acids is 1. The molecule has 4 rings (SSSR count). The Hall–Kier alpha value is -2.96. The van der Waals surface area contributed by atoms with Gasteiger partial charge in [0.05, 0.1) is 12.2 Å². The molecule has 0 saturated heterocycles. The number of hydrogen-bond donors (Lipinski definition) is 1. The molecule has 0 aliphatic carbocycles. The fourth-order valence-electron chi connectivity index (χ4n) is 2.51. The lowest BCUT2D eigenvalue weighted by Gasteiger charge is -1.99. The van der Waals surface area contributed by atoms with E-state index in [4.69, 9.17) is 16.1 Å². The van der Waals surface area contributed by atoms with E-state index in [0.717, 1.165) is 21.8 Å². The zero-order valence-electron chi connectivity index (χ0n) is 14.1. The molecule has 0 radical (unpaired) electrons. The summed E-state index contributed by atoms with van der Waals surface area (Å²) in [5.74, 6) is 0.254. The Bertz CT molecular complexity index is 1060. The number of hydrogen-bond acceptors (Lipinski definition) is 5. The summed E-state index contributed by atoms with van der Waals surface area (Å²) in [6, 6.07) is 18.6. The normalized spacial score (nSPS) is 10.7. The van der Waals surface area contributed by atoms with E-state index in [1.54, 1.807) is 6.07 Å². The van der Waals surface area contributed by atoms with E-state index in [-0.39, 0.29) is 11.6 Å². The molecule has 1 amide bonds. The number of nitrogens with one attached hydrogen (secondary N) is 1. The van der Waals surface area contributed by atoms with Crippen LogP contribution in [0.1, 0.15) is 15.5 Å². The maximum atomic E-state index is 12.3. The van der Waals surface area contributed by atoms with Gasteiger partial charge >= 0.3 is 0 Å². The van der Waals surface area contributed by atoms with E-state index in [0.29, 0.717) is 17.3 Å². The van der Waals surface area contributed by atoms with Crippen LogP contribution in [0.15, 0.2) is 70.6 Å². The van der Waals surface area contributed by atoms with Gasteiger partial charge in [0, 0.05) is 27.6 Å². The molecule has 2 heterocycles. The van der Waals surface area contributed by atoms with Gasteiger partial charge in [-0.15, -0.1) is 11.3 Å². The van der Waals surface area contributed by atoms with Crippen molar-refractivity contribution in [2.75, 3.05) is 0 Å². The highest BCUT2D eigenvalue weighted by Gasteiger charge is 2.14. The van der Waals surface area contributed by atoms with Crippen molar-refractivity contribution in [3.8, 4) is 22.6 Å². The quantitative estimate of drug-likeness (QED) is 0.513. The van der Waals surface area contributed by atoms with Crippen LogP contribution < -0.4 is 5.32 Å². The van der Waals surface area contributed by atoms with Crippen LogP contribution in [0.5, 0.6) is 0 Å². The van der Waals surface area contributed by atoms with Crippen molar-refractivity contribution in [1.29, 1.82) is 0 Å². The number of amides is 1. The largest absolute Gasteiger partial charge is 0.355 e. The highest BCUT2D eigenvalue weighted by atomic mass is 35.5. The Morgan fingerprint density at radius 2 is 1.85 bits per heavy atom. The van der Waals surface area contributed by atoms with Gasteiger partial charge in [0.25, 0.3) is 5.91 Å². The molecular weight excluding hydrogens is 382 g/mol. The lowest BCUT2D eigenvalue weighted by atomic mass is 10.1. The van der Waals surface area contributed by atoms with Crippen molar-refractivity contribution < 1.29 is 9.32 Å². The first-order valence-electron chi connectivity index (χ1n) is 8.20. The van der Waals surface area contributed by atoms with Crippen LogP contribution in [-0.2, 0) is 6.54 Å². The van der Waals surface area contributed by atoms with Crippen LogP contribution in [0.3, 0.4) is 0 Å². The van der Waals surface area contributed by atoms with Crippen molar-refractivity contribution in [2.24, 2.45) is 0 Å². The van der Waals surface area contributed by atoms with Crippen LogP contribution in [0.4, 0.5) is 0 Å². The maximum absolute atomic E-state index is 12.3. The molecule has 27 heavy (non-hydrogen) atoms. The Morgan fingerprint density at radius 3 is 2.63 bits per heavy atom. The Morgan fingerprint density at radius 1 is 1.07 bits per heavy atom. The summed E-state index contributed by atoms with van der Waals surface area (Å²) >= 11 is 7.39. The molecule has 2 aromatic heterocycles. The van der Waals surface area contributed by atoms with Gasteiger partial charge in [-0.05, 0) is 12.1 Å². The monoisotopic (exact) mass is 395 g/mol. The number of nitrogens with zero attached hydrogens (tertiary/aromatic N) is 2. The van der Waals surface area contributed by atoms with E-state index < -0.39 is 0 Å². The van der Waals surface area contributed by atoms with Crippen LogP contribution in [-0.4, -0.2) is 16.0 Å².